The molecule has 1 atom stereocenters. The molecular weight excluding hydrogens is 484 g/mol. The van der Waals surface area contributed by atoms with Gasteiger partial charge in [-0.05, 0) is 36.6 Å². The number of anilines is 1. The van der Waals surface area contributed by atoms with Crippen molar-refractivity contribution in [3.63, 3.8) is 0 Å². The van der Waals surface area contributed by atoms with E-state index in [0.717, 1.165) is 17.1 Å². The molecule has 0 bridgehead atoms. The molecule has 0 radical (unpaired) electrons. The third-order valence-corrected chi connectivity index (χ3v) is 5.55. The molecule has 0 saturated heterocycles. The Kier molecular flexibility index (Phi) is 10.5. The number of nitrogens with one attached hydrogen (secondary N) is 5. The van der Waals surface area contributed by atoms with Gasteiger partial charge >= 0.3 is 0 Å². The van der Waals surface area contributed by atoms with E-state index in [4.69, 9.17) is 0 Å². The molecule has 0 aromatic heterocycles. The molecule has 5 N–H and O–H groups in total. The predicted molar refractivity (Wildman–Crippen MR) is 132 cm³/mol. The summed E-state index contributed by atoms with van der Waals surface area (Å²) in [5, 5.41) is 12.3. The van der Waals surface area contributed by atoms with Crippen molar-refractivity contribution in [1.29, 1.82) is 0 Å². The zero-order valence-corrected chi connectivity index (χ0v) is 20.8. The Morgan fingerprint density at radius 1 is 0.838 bits per heavy atom. The maximum absolute atomic E-state index is 12.9. The highest BCUT2D eigenvalue weighted by Crippen LogP contribution is 2.24. The summed E-state index contributed by atoms with van der Waals surface area (Å²) in [4.78, 5) is 85.7. The Balaban J connectivity index is 2.13. The highest BCUT2D eigenvalue weighted by atomic mass is 16.2. The van der Waals surface area contributed by atoms with E-state index in [1.54, 1.807) is 0 Å². The number of carbonyl (C=O) groups is 7. The summed E-state index contributed by atoms with van der Waals surface area (Å²) in [6.45, 7) is -0.462. The number of hydrogen-bond donors (Lipinski definition) is 5. The van der Waals surface area contributed by atoms with Gasteiger partial charge in [0.1, 0.15) is 6.04 Å². The number of benzene rings is 1. The molecule has 0 spiro atoms. The zero-order chi connectivity index (χ0) is 27.5. The lowest BCUT2D eigenvalue weighted by atomic mass is 10.0. The fraction of sp³-hybridized carbons (Fsp3) is 0.375. The van der Waals surface area contributed by atoms with E-state index in [1.165, 1.54) is 39.3 Å². The Labute approximate surface area is 213 Å². The molecule has 0 fully saturated rings. The minimum absolute atomic E-state index is 0.0137. The first-order chi connectivity index (χ1) is 17.6. The minimum atomic E-state index is -0.974. The Morgan fingerprint density at radius 3 is 2.05 bits per heavy atom. The molecule has 1 aromatic rings. The van der Waals surface area contributed by atoms with E-state index in [9.17, 15) is 33.6 Å². The average Bonchev–Trinajstić information content (AvgIpc) is 3.24. The second-order valence-electron chi connectivity index (χ2n) is 7.99. The van der Waals surface area contributed by atoms with Crippen molar-refractivity contribution in [3.05, 3.63) is 41.5 Å². The maximum Gasteiger partial charge on any atom is 0.258 e. The first-order valence-electron chi connectivity index (χ1n) is 11.5. The van der Waals surface area contributed by atoms with E-state index >= 15 is 0 Å². The first-order valence-corrected chi connectivity index (χ1v) is 11.5. The number of imide groups is 1. The van der Waals surface area contributed by atoms with Crippen LogP contribution in [0.25, 0.3) is 0 Å². The molecule has 198 valence electrons. The van der Waals surface area contributed by atoms with Gasteiger partial charge in [-0.25, -0.2) is 4.90 Å². The van der Waals surface area contributed by atoms with Gasteiger partial charge in [-0.2, -0.15) is 0 Å². The van der Waals surface area contributed by atoms with E-state index in [-0.39, 0.29) is 48.7 Å². The molecule has 2 rings (SSSR count). The lowest BCUT2D eigenvalue weighted by Crippen LogP contribution is -2.49. The summed E-state index contributed by atoms with van der Waals surface area (Å²) in [6, 6.07) is 3.32. The summed E-state index contributed by atoms with van der Waals surface area (Å²) in [5.41, 5.74) is 0.779. The zero-order valence-electron chi connectivity index (χ0n) is 20.8. The van der Waals surface area contributed by atoms with Crippen molar-refractivity contribution in [2.24, 2.45) is 0 Å². The minimum Gasteiger partial charge on any atom is -0.359 e. The van der Waals surface area contributed by atoms with Gasteiger partial charge in [-0.15, -0.1) is 0 Å². The highest BCUT2D eigenvalue weighted by Gasteiger charge is 2.27. The van der Waals surface area contributed by atoms with Crippen LogP contribution in [0.5, 0.6) is 0 Å². The van der Waals surface area contributed by atoms with Crippen LogP contribution in [0.3, 0.4) is 0 Å². The Morgan fingerprint density at radius 2 is 1.46 bits per heavy atom. The Hall–Kier alpha value is -4.55. The maximum atomic E-state index is 12.9. The molecule has 1 unspecified atom stereocenters. The third kappa shape index (κ3) is 7.98. The predicted octanol–water partition coefficient (Wildman–Crippen LogP) is -1.72. The van der Waals surface area contributed by atoms with Crippen LogP contribution >= 0.6 is 0 Å². The lowest BCUT2D eigenvalue weighted by Gasteiger charge is -2.18. The number of carbonyl (C=O) groups excluding carboxylic acids is 7. The molecule has 0 aliphatic carbocycles. The van der Waals surface area contributed by atoms with Gasteiger partial charge in [0.2, 0.25) is 23.6 Å². The molecule has 13 heteroatoms. The number of aryl methyl sites for hydroxylation is 1. The fourth-order valence-electron chi connectivity index (χ4n) is 3.52. The molecule has 7 amide bonds. The third-order valence-electron chi connectivity index (χ3n) is 5.55. The van der Waals surface area contributed by atoms with Crippen LogP contribution in [0.4, 0.5) is 5.69 Å². The van der Waals surface area contributed by atoms with Crippen molar-refractivity contribution in [2.75, 3.05) is 32.6 Å². The molecule has 1 heterocycles. The van der Waals surface area contributed by atoms with E-state index in [1.807, 2.05) is 0 Å². The number of likely N-dealkylation sites (N-methyl/N-ethyl adjacent to an activating group) is 1. The Bertz CT molecular complexity index is 1110. The van der Waals surface area contributed by atoms with E-state index < -0.39 is 42.1 Å². The average molecular weight is 515 g/mol. The second-order valence-corrected chi connectivity index (χ2v) is 7.99. The summed E-state index contributed by atoms with van der Waals surface area (Å²) in [7, 11) is 4.32. The monoisotopic (exact) mass is 514 g/mol. The van der Waals surface area contributed by atoms with Gasteiger partial charge in [-0.3, -0.25) is 33.6 Å². The van der Waals surface area contributed by atoms with Crippen molar-refractivity contribution < 1.29 is 33.6 Å². The highest BCUT2D eigenvalue weighted by molar-refractivity contribution is 6.28. The lowest BCUT2D eigenvalue weighted by molar-refractivity contribution is -0.129. The van der Waals surface area contributed by atoms with Crippen LogP contribution in [-0.2, 0) is 35.2 Å². The van der Waals surface area contributed by atoms with Gasteiger partial charge in [0.25, 0.3) is 17.7 Å². The van der Waals surface area contributed by atoms with Crippen LogP contribution in [0.2, 0.25) is 0 Å². The van der Waals surface area contributed by atoms with Crippen LogP contribution < -0.4 is 31.5 Å². The van der Waals surface area contributed by atoms with E-state index in [2.05, 4.69) is 26.6 Å². The van der Waals surface area contributed by atoms with Crippen molar-refractivity contribution in [1.82, 2.24) is 26.6 Å². The summed E-state index contributed by atoms with van der Waals surface area (Å²) in [6.07, 6.45) is 2.51. The summed E-state index contributed by atoms with van der Waals surface area (Å²) < 4.78 is 0. The van der Waals surface area contributed by atoms with E-state index in [0.29, 0.717) is 5.56 Å². The summed E-state index contributed by atoms with van der Waals surface area (Å²) >= 11 is 0. The van der Waals surface area contributed by atoms with Gasteiger partial charge < -0.3 is 26.6 Å². The molecule has 0 saturated carbocycles. The topological polar surface area (TPSA) is 183 Å². The number of rotatable bonds is 12. The van der Waals surface area contributed by atoms with Crippen LogP contribution in [0.1, 0.15) is 35.2 Å². The van der Waals surface area contributed by atoms with Crippen LogP contribution in [0, 0.1) is 0 Å². The second kappa shape index (κ2) is 13.5. The number of amides is 7. The molecule has 13 nitrogen and oxygen atoms in total. The van der Waals surface area contributed by atoms with Crippen molar-refractivity contribution >= 4 is 47.0 Å². The SMILES string of the molecule is CNC(=O)CCc1cc(N2C(=O)C=CC2=O)ccc1C(=O)NCC(=O)NC(CCC(=O)NC)C(=O)NC. The van der Waals surface area contributed by atoms with Crippen molar-refractivity contribution in [3.8, 4) is 0 Å². The van der Waals surface area contributed by atoms with Gasteiger partial charge in [0.15, 0.2) is 0 Å². The smallest absolute Gasteiger partial charge is 0.258 e. The van der Waals surface area contributed by atoms with Gasteiger partial charge in [0.05, 0.1) is 12.2 Å². The number of nitrogens with zero attached hydrogens (tertiary/aromatic N) is 1. The number of hydrogen-bond acceptors (Lipinski definition) is 7. The standard InChI is InChI=1S/C24H30N6O7/c1-25-18(31)8-4-14-12-15(30-21(34)10-11-22(30)35)5-6-16(14)23(36)28-13-20(33)29-17(24(37)27-3)7-9-19(32)26-2/h5-6,10-12,17H,4,7-9,13H2,1-3H3,(H,25,31)(H,26,32)(H,27,37)(H,28,36)(H,29,33). The molecule has 37 heavy (non-hydrogen) atoms. The van der Waals surface area contributed by atoms with Crippen molar-refractivity contribution in [2.45, 2.75) is 31.7 Å². The normalized spacial score (nSPS) is 13.1. The molecule has 1 aliphatic rings. The molecular formula is C24H30N6O7. The van der Waals surface area contributed by atoms with Gasteiger partial charge in [-0.1, -0.05) is 0 Å². The fourth-order valence-corrected chi connectivity index (χ4v) is 3.52. The summed E-state index contributed by atoms with van der Waals surface area (Å²) in [5.74, 6) is -3.40. The molecule has 1 aliphatic heterocycles. The van der Waals surface area contributed by atoms with Crippen LogP contribution in [0.15, 0.2) is 30.4 Å². The quantitative estimate of drug-likeness (QED) is 0.206. The van der Waals surface area contributed by atoms with Crippen LogP contribution in [-0.4, -0.2) is 75.1 Å². The largest absolute Gasteiger partial charge is 0.359 e. The first kappa shape index (κ1) is 28.7. The van der Waals surface area contributed by atoms with Gasteiger partial charge in [0, 0.05) is 51.7 Å². The molecule has 1 aromatic carbocycles.